The van der Waals surface area contributed by atoms with Gasteiger partial charge in [0.1, 0.15) is 0 Å². The number of hydrogen-bond acceptors (Lipinski definition) is 3. The third-order valence-electron chi connectivity index (χ3n) is 2.51. The fourth-order valence-electron chi connectivity index (χ4n) is 1.85. The maximum Gasteiger partial charge on any atom is 0.163 e. The van der Waals surface area contributed by atoms with E-state index in [0.717, 1.165) is 17.2 Å². The van der Waals surface area contributed by atoms with Crippen LogP contribution in [0.2, 0.25) is 0 Å². The molecule has 0 spiro atoms. The van der Waals surface area contributed by atoms with Gasteiger partial charge in [0.25, 0.3) is 0 Å². The second-order valence-corrected chi connectivity index (χ2v) is 3.70. The summed E-state index contributed by atoms with van der Waals surface area (Å²) >= 11 is 0. The van der Waals surface area contributed by atoms with Gasteiger partial charge in [0, 0.05) is 6.20 Å². The van der Waals surface area contributed by atoms with E-state index >= 15 is 0 Å². The van der Waals surface area contributed by atoms with E-state index in [2.05, 4.69) is 10.1 Å². The van der Waals surface area contributed by atoms with Gasteiger partial charge in [-0.15, -0.1) is 0 Å². The maximum atomic E-state index is 11.5. The summed E-state index contributed by atoms with van der Waals surface area (Å²) < 4.78 is 1.70. The van der Waals surface area contributed by atoms with E-state index in [1.54, 1.807) is 17.8 Å². The fourth-order valence-corrected chi connectivity index (χ4v) is 1.85. The van der Waals surface area contributed by atoms with Crippen molar-refractivity contribution in [3.63, 3.8) is 0 Å². The molecular weight excluding hydrogens is 202 g/mol. The third-order valence-corrected chi connectivity index (χ3v) is 2.51. The fraction of sp³-hybridized carbons (Fsp3) is 0.250. The van der Waals surface area contributed by atoms with E-state index in [-0.39, 0.29) is 5.78 Å². The molecular formula is C12H13N3O. The molecule has 0 N–H and O–H groups in total. The largest absolute Gasteiger partial charge is 0.294 e. The van der Waals surface area contributed by atoms with Crippen LogP contribution >= 0.6 is 0 Å². The summed E-state index contributed by atoms with van der Waals surface area (Å²) in [5, 5.41) is 4.34. The van der Waals surface area contributed by atoms with Gasteiger partial charge in [-0.3, -0.25) is 4.79 Å². The second kappa shape index (κ2) is 3.89. The van der Waals surface area contributed by atoms with Crippen LogP contribution in [0.3, 0.4) is 0 Å². The predicted octanol–water partition coefficient (Wildman–Crippen LogP) is 2.09. The van der Waals surface area contributed by atoms with E-state index in [1.807, 2.05) is 32.0 Å². The van der Waals surface area contributed by atoms with Crippen LogP contribution in [-0.2, 0) is 0 Å². The highest BCUT2D eigenvalue weighted by molar-refractivity contribution is 5.96. The average molecular weight is 215 g/mol. The molecule has 0 bridgehead atoms. The van der Waals surface area contributed by atoms with Crippen molar-refractivity contribution in [1.29, 1.82) is 0 Å². The Morgan fingerprint density at radius 1 is 1.31 bits per heavy atom. The molecule has 0 fully saturated rings. The van der Waals surface area contributed by atoms with Gasteiger partial charge in [-0.1, -0.05) is 6.07 Å². The smallest absolute Gasteiger partial charge is 0.163 e. The standard InChI is InChI=1S/C12H13N3O/c1-8-12(10(3)16)9(2)15(14-8)11-6-4-5-7-13-11/h4-7H,1-3H3. The predicted molar refractivity (Wildman–Crippen MR) is 60.8 cm³/mol. The molecule has 0 aliphatic rings. The van der Waals surface area contributed by atoms with Crippen LogP contribution in [-0.4, -0.2) is 20.5 Å². The van der Waals surface area contributed by atoms with Crippen LogP contribution in [0.4, 0.5) is 0 Å². The molecule has 4 heteroatoms. The Morgan fingerprint density at radius 3 is 2.56 bits per heavy atom. The number of nitrogens with zero attached hydrogens (tertiary/aromatic N) is 3. The van der Waals surface area contributed by atoms with Gasteiger partial charge in [-0.2, -0.15) is 5.10 Å². The first-order valence-corrected chi connectivity index (χ1v) is 5.10. The van der Waals surface area contributed by atoms with E-state index < -0.39 is 0 Å². The summed E-state index contributed by atoms with van der Waals surface area (Å²) in [5.41, 5.74) is 2.27. The molecule has 0 aliphatic carbocycles. The molecule has 0 atom stereocenters. The number of Topliss-reactive ketones (excluding diaryl/α,β-unsaturated/α-hetero) is 1. The first kappa shape index (κ1) is 10.5. The van der Waals surface area contributed by atoms with Crippen molar-refractivity contribution in [3.05, 3.63) is 41.3 Å². The normalized spacial score (nSPS) is 10.4. The topological polar surface area (TPSA) is 47.8 Å². The number of aromatic nitrogens is 3. The summed E-state index contributed by atoms with van der Waals surface area (Å²) in [5.74, 6) is 0.771. The summed E-state index contributed by atoms with van der Waals surface area (Å²) in [6, 6.07) is 5.61. The van der Waals surface area contributed by atoms with Crippen molar-refractivity contribution in [2.45, 2.75) is 20.8 Å². The lowest BCUT2D eigenvalue weighted by molar-refractivity contribution is 0.101. The van der Waals surface area contributed by atoms with Crippen molar-refractivity contribution < 1.29 is 4.79 Å². The molecule has 2 heterocycles. The lowest BCUT2D eigenvalue weighted by Crippen LogP contribution is -2.02. The van der Waals surface area contributed by atoms with Crippen LogP contribution in [0.25, 0.3) is 5.82 Å². The minimum atomic E-state index is 0.0391. The molecule has 82 valence electrons. The van der Waals surface area contributed by atoms with Crippen molar-refractivity contribution in [1.82, 2.24) is 14.8 Å². The van der Waals surface area contributed by atoms with E-state index in [4.69, 9.17) is 0 Å². The molecule has 0 radical (unpaired) electrons. The molecule has 0 aromatic carbocycles. The minimum absolute atomic E-state index is 0.0391. The van der Waals surface area contributed by atoms with Crippen LogP contribution < -0.4 is 0 Å². The van der Waals surface area contributed by atoms with Crippen molar-refractivity contribution in [2.24, 2.45) is 0 Å². The SMILES string of the molecule is CC(=O)c1c(C)nn(-c2ccccn2)c1C. The lowest BCUT2D eigenvalue weighted by Gasteiger charge is -2.02. The number of carbonyl (C=O) groups is 1. The van der Waals surface area contributed by atoms with Crippen molar-refractivity contribution in [2.75, 3.05) is 0 Å². The highest BCUT2D eigenvalue weighted by atomic mass is 16.1. The van der Waals surface area contributed by atoms with Crippen LogP contribution in [0.1, 0.15) is 28.7 Å². The first-order valence-electron chi connectivity index (χ1n) is 5.10. The molecule has 16 heavy (non-hydrogen) atoms. The zero-order valence-electron chi connectivity index (χ0n) is 9.56. The highest BCUT2D eigenvalue weighted by Gasteiger charge is 2.16. The molecule has 2 aromatic rings. The Hall–Kier alpha value is -1.97. The Morgan fingerprint density at radius 2 is 2.06 bits per heavy atom. The van der Waals surface area contributed by atoms with Crippen LogP contribution in [0, 0.1) is 13.8 Å². The minimum Gasteiger partial charge on any atom is -0.294 e. The number of ketones is 1. The van der Waals surface area contributed by atoms with Gasteiger partial charge < -0.3 is 0 Å². The number of pyridine rings is 1. The maximum absolute atomic E-state index is 11.5. The number of carbonyl (C=O) groups excluding carboxylic acids is 1. The Balaban J connectivity index is 2.61. The van der Waals surface area contributed by atoms with Gasteiger partial charge in [-0.05, 0) is 32.9 Å². The van der Waals surface area contributed by atoms with E-state index in [1.165, 1.54) is 0 Å². The van der Waals surface area contributed by atoms with Gasteiger partial charge in [0.15, 0.2) is 11.6 Å². The molecule has 4 nitrogen and oxygen atoms in total. The Kier molecular flexibility index (Phi) is 2.56. The van der Waals surface area contributed by atoms with Crippen LogP contribution in [0.15, 0.2) is 24.4 Å². The molecule has 2 rings (SSSR count). The van der Waals surface area contributed by atoms with E-state index in [9.17, 15) is 4.79 Å². The second-order valence-electron chi connectivity index (χ2n) is 3.70. The lowest BCUT2D eigenvalue weighted by atomic mass is 10.1. The molecule has 0 aliphatic heterocycles. The third kappa shape index (κ3) is 1.62. The van der Waals surface area contributed by atoms with Crippen LogP contribution in [0.5, 0.6) is 0 Å². The van der Waals surface area contributed by atoms with Crippen molar-refractivity contribution >= 4 is 5.78 Å². The average Bonchev–Trinajstić information content (AvgIpc) is 2.55. The Labute approximate surface area is 93.9 Å². The molecule has 0 saturated carbocycles. The molecule has 0 unspecified atom stereocenters. The molecule has 0 saturated heterocycles. The summed E-state index contributed by atoms with van der Waals surface area (Å²) in [7, 11) is 0. The van der Waals surface area contributed by atoms with Crippen molar-refractivity contribution in [3.8, 4) is 5.82 Å². The zero-order chi connectivity index (χ0) is 11.7. The van der Waals surface area contributed by atoms with Gasteiger partial charge >= 0.3 is 0 Å². The van der Waals surface area contributed by atoms with E-state index in [0.29, 0.717) is 5.56 Å². The number of aryl methyl sites for hydroxylation is 1. The van der Waals surface area contributed by atoms with Gasteiger partial charge in [0.2, 0.25) is 0 Å². The summed E-state index contributed by atoms with van der Waals surface area (Å²) in [6.45, 7) is 5.27. The Bertz CT molecular complexity index is 529. The number of rotatable bonds is 2. The van der Waals surface area contributed by atoms with Gasteiger partial charge in [0.05, 0.1) is 17.0 Å². The zero-order valence-corrected chi connectivity index (χ0v) is 9.56. The summed E-state index contributed by atoms with van der Waals surface area (Å²) in [4.78, 5) is 15.7. The quantitative estimate of drug-likeness (QED) is 0.721. The first-order chi connectivity index (χ1) is 7.61. The monoisotopic (exact) mass is 215 g/mol. The van der Waals surface area contributed by atoms with Gasteiger partial charge in [-0.25, -0.2) is 9.67 Å². The molecule has 2 aromatic heterocycles. The highest BCUT2D eigenvalue weighted by Crippen LogP contribution is 2.16. The molecule has 0 amide bonds. The summed E-state index contributed by atoms with van der Waals surface area (Å²) in [6.07, 6.45) is 1.71. The number of hydrogen-bond donors (Lipinski definition) is 0.